The highest BCUT2D eigenvalue weighted by Gasteiger charge is 2.34. The Hall–Kier alpha value is -3.63. The lowest BCUT2D eigenvalue weighted by Crippen LogP contribution is -2.53. The molecular formula is C30H35ClFN3O5S. The fourth-order valence-corrected chi connectivity index (χ4v) is 5.88. The van der Waals surface area contributed by atoms with E-state index in [4.69, 9.17) is 16.3 Å². The molecule has 0 bridgehead atoms. The fraction of sp³-hybridized carbons (Fsp3) is 0.333. The standard InChI is InChI=1S/C30H35ClFN3O5S/c1-5-21(3)33-30(37)27(6-2)34(19-22-12-14-23(32)15-13-22)29(36)20-35(24-16-17-28(40-4)26(31)18-24)41(38,39)25-10-8-7-9-11-25/h7-18,21,27H,5-6,19-20H2,1-4H3,(H,33,37)/t21-,27-/m1/s1. The Labute approximate surface area is 246 Å². The first kappa shape index (κ1) is 31.9. The third-order valence-corrected chi connectivity index (χ3v) is 8.77. The molecule has 0 aliphatic heterocycles. The SMILES string of the molecule is CC[C@@H](C)NC(=O)[C@@H](CC)N(Cc1ccc(F)cc1)C(=O)CN(c1ccc(OC)c(Cl)c1)S(=O)(=O)c1ccccc1. The zero-order valence-corrected chi connectivity index (χ0v) is 25.1. The lowest BCUT2D eigenvalue weighted by Gasteiger charge is -2.33. The van der Waals surface area contributed by atoms with Gasteiger partial charge in [0.05, 0.1) is 22.7 Å². The highest BCUT2D eigenvalue weighted by molar-refractivity contribution is 7.92. The van der Waals surface area contributed by atoms with Crippen molar-refractivity contribution in [3.8, 4) is 5.75 Å². The molecule has 1 N–H and O–H groups in total. The third-order valence-electron chi connectivity index (χ3n) is 6.69. The van der Waals surface area contributed by atoms with E-state index in [2.05, 4.69) is 5.32 Å². The summed E-state index contributed by atoms with van der Waals surface area (Å²) in [6.45, 7) is 4.91. The molecule has 0 saturated carbocycles. The van der Waals surface area contributed by atoms with E-state index in [0.717, 1.165) is 4.31 Å². The topological polar surface area (TPSA) is 96.0 Å². The Morgan fingerprint density at radius 1 is 1.00 bits per heavy atom. The Balaban J connectivity index is 2.08. The molecule has 3 rings (SSSR count). The van der Waals surface area contributed by atoms with Gasteiger partial charge < -0.3 is 15.0 Å². The largest absolute Gasteiger partial charge is 0.495 e. The molecule has 0 aromatic heterocycles. The van der Waals surface area contributed by atoms with Crippen molar-refractivity contribution in [3.63, 3.8) is 0 Å². The average Bonchev–Trinajstić information content (AvgIpc) is 2.96. The number of nitrogens with one attached hydrogen (secondary N) is 1. The maximum absolute atomic E-state index is 14.1. The van der Waals surface area contributed by atoms with Gasteiger partial charge in [0.2, 0.25) is 11.8 Å². The van der Waals surface area contributed by atoms with Crippen LogP contribution in [0.25, 0.3) is 0 Å². The molecule has 0 aliphatic carbocycles. The van der Waals surface area contributed by atoms with Crippen LogP contribution in [0.1, 0.15) is 39.2 Å². The zero-order chi connectivity index (χ0) is 30.2. The lowest BCUT2D eigenvalue weighted by atomic mass is 10.1. The van der Waals surface area contributed by atoms with E-state index in [1.807, 2.05) is 13.8 Å². The number of hydrogen-bond donors (Lipinski definition) is 1. The predicted octanol–water partition coefficient (Wildman–Crippen LogP) is 5.41. The van der Waals surface area contributed by atoms with E-state index in [-0.39, 0.29) is 40.5 Å². The first-order valence-corrected chi connectivity index (χ1v) is 15.1. The monoisotopic (exact) mass is 603 g/mol. The Morgan fingerprint density at radius 2 is 1.66 bits per heavy atom. The van der Waals surface area contributed by atoms with Gasteiger partial charge in [-0.15, -0.1) is 0 Å². The van der Waals surface area contributed by atoms with Gasteiger partial charge in [0.25, 0.3) is 10.0 Å². The minimum absolute atomic E-state index is 0.0219. The second-order valence-corrected chi connectivity index (χ2v) is 11.8. The normalized spacial score (nSPS) is 12.7. The number of benzene rings is 3. The number of carbonyl (C=O) groups is 2. The Morgan fingerprint density at radius 3 is 2.22 bits per heavy atom. The molecule has 0 radical (unpaired) electrons. The summed E-state index contributed by atoms with van der Waals surface area (Å²) >= 11 is 6.34. The summed E-state index contributed by atoms with van der Waals surface area (Å²) < 4.78 is 47.5. The molecule has 2 amide bonds. The van der Waals surface area contributed by atoms with Gasteiger partial charge in [-0.2, -0.15) is 0 Å². The summed E-state index contributed by atoms with van der Waals surface area (Å²) in [4.78, 5) is 28.7. The number of nitrogens with zero attached hydrogens (tertiary/aromatic N) is 2. The van der Waals surface area contributed by atoms with E-state index in [1.165, 1.54) is 66.6 Å². The number of ether oxygens (including phenoxy) is 1. The second-order valence-electron chi connectivity index (χ2n) is 9.53. The van der Waals surface area contributed by atoms with Crippen LogP contribution in [-0.2, 0) is 26.2 Å². The molecule has 0 spiro atoms. The number of carbonyl (C=O) groups excluding carboxylic acids is 2. The molecule has 0 saturated heterocycles. The molecule has 2 atom stereocenters. The maximum atomic E-state index is 14.1. The van der Waals surface area contributed by atoms with Crippen molar-refractivity contribution in [1.82, 2.24) is 10.2 Å². The third kappa shape index (κ3) is 7.98. The number of amides is 2. The van der Waals surface area contributed by atoms with Gasteiger partial charge in [-0.05, 0) is 67.8 Å². The van der Waals surface area contributed by atoms with E-state index >= 15 is 0 Å². The van der Waals surface area contributed by atoms with Crippen LogP contribution >= 0.6 is 11.6 Å². The van der Waals surface area contributed by atoms with Gasteiger partial charge in [0.1, 0.15) is 24.2 Å². The van der Waals surface area contributed by atoms with Crippen molar-refractivity contribution in [2.75, 3.05) is 18.0 Å². The highest BCUT2D eigenvalue weighted by atomic mass is 35.5. The molecule has 8 nitrogen and oxygen atoms in total. The number of halogens is 2. The second kappa shape index (κ2) is 14.3. The molecule has 3 aromatic rings. The molecule has 41 heavy (non-hydrogen) atoms. The molecule has 3 aromatic carbocycles. The lowest BCUT2D eigenvalue weighted by molar-refractivity contribution is -0.140. The summed E-state index contributed by atoms with van der Waals surface area (Å²) in [6.07, 6.45) is 0.963. The summed E-state index contributed by atoms with van der Waals surface area (Å²) in [5.41, 5.74) is 0.728. The number of methoxy groups -OCH3 is 1. The molecule has 11 heteroatoms. The average molecular weight is 604 g/mol. The molecule has 0 unspecified atom stereocenters. The van der Waals surface area contributed by atoms with Gasteiger partial charge in [-0.3, -0.25) is 13.9 Å². The van der Waals surface area contributed by atoms with Crippen LogP contribution in [0.3, 0.4) is 0 Å². The molecule has 0 heterocycles. The van der Waals surface area contributed by atoms with Gasteiger partial charge in [-0.25, -0.2) is 12.8 Å². The first-order chi connectivity index (χ1) is 19.5. The number of hydrogen-bond acceptors (Lipinski definition) is 5. The molecule has 0 fully saturated rings. The minimum atomic E-state index is -4.24. The first-order valence-electron chi connectivity index (χ1n) is 13.3. The Bertz CT molecular complexity index is 1440. The minimum Gasteiger partial charge on any atom is -0.495 e. The molecular weight excluding hydrogens is 569 g/mol. The van der Waals surface area contributed by atoms with Crippen molar-refractivity contribution in [2.45, 2.75) is 57.1 Å². The zero-order valence-electron chi connectivity index (χ0n) is 23.5. The Kier molecular flexibility index (Phi) is 11.1. The number of anilines is 1. The van der Waals surface area contributed by atoms with Gasteiger partial charge in [0.15, 0.2) is 0 Å². The highest BCUT2D eigenvalue weighted by Crippen LogP contribution is 2.32. The van der Waals surface area contributed by atoms with E-state index in [9.17, 15) is 22.4 Å². The maximum Gasteiger partial charge on any atom is 0.264 e. The van der Waals surface area contributed by atoms with Crippen LogP contribution < -0.4 is 14.4 Å². The van der Waals surface area contributed by atoms with Crippen molar-refractivity contribution in [1.29, 1.82) is 0 Å². The summed E-state index contributed by atoms with van der Waals surface area (Å²) in [6, 6.07) is 16.7. The number of sulfonamides is 1. The van der Waals surface area contributed by atoms with Crippen molar-refractivity contribution in [2.24, 2.45) is 0 Å². The van der Waals surface area contributed by atoms with E-state index in [0.29, 0.717) is 17.7 Å². The molecule has 220 valence electrons. The summed E-state index contributed by atoms with van der Waals surface area (Å²) in [5, 5.41) is 3.08. The smallest absolute Gasteiger partial charge is 0.264 e. The number of rotatable bonds is 13. The van der Waals surface area contributed by atoms with Crippen LogP contribution in [0.15, 0.2) is 77.7 Å². The van der Waals surface area contributed by atoms with Gasteiger partial charge >= 0.3 is 0 Å². The summed E-state index contributed by atoms with van der Waals surface area (Å²) in [7, 11) is -2.80. The van der Waals surface area contributed by atoms with E-state index < -0.39 is 34.3 Å². The van der Waals surface area contributed by atoms with Gasteiger partial charge in [-0.1, -0.05) is 55.8 Å². The summed E-state index contributed by atoms with van der Waals surface area (Å²) in [5.74, 6) is -1.08. The molecule has 0 aliphatic rings. The van der Waals surface area contributed by atoms with Crippen LogP contribution in [0.5, 0.6) is 5.75 Å². The van der Waals surface area contributed by atoms with Crippen LogP contribution in [-0.4, -0.2) is 50.9 Å². The fourth-order valence-electron chi connectivity index (χ4n) is 4.21. The predicted molar refractivity (Wildman–Crippen MR) is 158 cm³/mol. The quantitative estimate of drug-likeness (QED) is 0.282. The van der Waals surface area contributed by atoms with Crippen LogP contribution in [0.4, 0.5) is 10.1 Å². The van der Waals surface area contributed by atoms with Gasteiger partial charge in [0, 0.05) is 12.6 Å². The van der Waals surface area contributed by atoms with Crippen molar-refractivity contribution >= 4 is 39.1 Å². The van der Waals surface area contributed by atoms with Crippen molar-refractivity contribution < 1.29 is 27.1 Å². The van der Waals surface area contributed by atoms with E-state index in [1.54, 1.807) is 25.1 Å². The van der Waals surface area contributed by atoms with Crippen LogP contribution in [0, 0.1) is 5.82 Å². The van der Waals surface area contributed by atoms with Crippen LogP contribution in [0.2, 0.25) is 5.02 Å². The van der Waals surface area contributed by atoms with Crippen molar-refractivity contribution in [3.05, 3.63) is 89.2 Å².